The topological polar surface area (TPSA) is 39.1 Å². The summed E-state index contributed by atoms with van der Waals surface area (Å²) in [6.45, 7) is 3.90. The predicted molar refractivity (Wildman–Crippen MR) is 88.0 cm³/mol. The van der Waals surface area contributed by atoms with E-state index in [0.717, 1.165) is 11.1 Å². The normalized spacial score (nSPS) is 11.5. The number of rotatable bonds is 4. The average molecular weight is 310 g/mol. The lowest BCUT2D eigenvalue weighted by Crippen LogP contribution is -2.14. The van der Waals surface area contributed by atoms with Gasteiger partial charge in [0.2, 0.25) is 0 Å². The van der Waals surface area contributed by atoms with Crippen LogP contribution in [-0.2, 0) is 16.4 Å². The minimum absolute atomic E-state index is 0.278. The fourth-order valence-electron chi connectivity index (χ4n) is 2.50. The summed E-state index contributed by atoms with van der Waals surface area (Å²) < 4.78 is 26.9. The van der Waals surface area contributed by atoms with Gasteiger partial charge in [0, 0.05) is 17.5 Å². The lowest BCUT2D eigenvalue weighted by molar-refractivity contribution is 0.586. The lowest BCUT2D eigenvalue weighted by Gasteiger charge is -2.11. The van der Waals surface area contributed by atoms with E-state index in [1.54, 1.807) is 36.5 Å². The van der Waals surface area contributed by atoms with Gasteiger partial charge in [-0.2, -0.15) is 0 Å². The van der Waals surface area contributed by atoms with Crippen molar-refractivity contribution in [3.8, 4) is 11.1 Å². The molecule has 0 amide bonds. The second-order valence-electron chi connectivity index (χ2n) is 4.91. The number of benzene rings is 2. The number of nitrogens with zero attached hydrogens (tertiary/aromatic N) is 1. The molecule has 1 heterocycles. The maximum absolute atomic E-state index is 12.8. The molecular weight excluding hydrogens is 294 g/mol. The Bertz CT molecular complexity index is 866. The third-order valence-electron chi connectivity index (χ3n) is 3.58. The first-order chi connectivity index (χ1) is 10.6. The van der Waals surface area contributed by atoms with E-state index in [-0.39, 0.29) is 4.90 Å². The highest BCUT2D eigenvalue weighted by atomic mass is 32.2. The summed E-state index contributed by atoms with van der Waals surface area (Å²) in [5.41, 5.74) is 2.58. The van der Waals surface area contributed by atoms with Crippen molar-refractivity contribution in [3.05, 3.63) is 85.5 Å². The number of hydrogen-bond acceptors (Lipinski definition) is 2. The highest BCUT2D eigenvalue weighted by Crippen LogP contribution is 2.28. The Morgan fingerprint density at radius 1 is 0.864 bits per heavy atom. The molecule has 111 valence electrons. The van der Waals surface area contributed by atoms with Crippen molar-refractivity contribution >= 4 is 10.0 Å². The molecule has 0 aliphatic carbocycles. The summed E-state index contributed by atoms with van der Waals surface area (Å²) in [5.74, 6) is 0. The zero-order chi connectivity index (χ0) is 15.6. The zero-order valence-corrected chi connectivity index (χ0v) is 12.8. The molecule has 0 aliphatic heterocycles. The number of aromatic nitrogens is 1. The molecule has 0 aliphatic rings. The Morgan fingerprint density at radius 2 is 1.45 bits per heavy atom. The molecule has 2 aromatic carbocycles. The second-order valence-corrected chi connectivity index (χ2v) is 6.72. The smallest absolute Gasteiger partial charge is 0.245 e. The van der Waals surface area contributed by atoms with Crippen molar-refractivity contribution < 1.29 is 8.42 Å². The molecule has 0 unspecified atom stereocenters. The first-order valence-corrected chi connectivity index (χ1v) is 8.44. The van der Waals surface area contributed by atoms with Gasteiger partial charge in [0.1, 0.15) is 0 Å². The molecule has 0 spiro atoms. The van der Waals surface area contributed by atoms with Crippen LogP contribution < -0.4 is 0 Å². The van der Waals surface area contributed by atoms with Crippen LogP contribution in [0.4, 0.5) is 0 Å². The fourth-order valence-corrected chi connectivity index (χ4v) is 3.93. The lowest BCUT2D eigenvalue weighted by atomic mass is 10.1. The summed E-state index contributed by atoms with van der Waals surface area (Å²) in [6.07, 6.45) is 1.99. The summed E-state index contributed by atoms with van der Waals surface area (Å²) in [4.78, 5) is 0.278. The first-order valence-electron chi connectivity index (χ1n) is 7.00. The van der Waals surface area contributed by atoms with Crippen LogP contribution in [0.1, 0.15) is 5.69 Å². The van der Waals surface area contributed by atoms with Crippen LogP contribution in [0, 0.1) is 6.92 Å². The molecule has 0 saturated heterocycles. The van der Waals surface area contributed by atoms with Crippen molar-refractivity contribution in [2.24, 2.45) is 0 Å². The summed E-state index contributed by atoms with van der Waals surface area (Å²) in [6, 6.07) is 20.0. The van der Waals surface area contributed by atoms with Crippen molar-refractivity contribution in [2.75, 3.05) is 0 Å². The van der Waals surface area contributed by atoms with E-state index in [1.807, 2.05) is 36.4 Å². The Hall–Kier alpha value is -2.33. The number of hydrogen-bond donors (Lipinski definition) is 0. The molecule has 3 aromatic rings. The summed E-state index contributed by atoms with van der Waals surface area (Å²) >= 11 is 0. The summed E-state index contributed by atoms with van der Waals surface area (Å²) in [5, 5.41) is 0. The van der Waals surface area contributed by atoms with Crippen molar-refractivity contribution in [1.82, 2.24) is 3.97 Å². The van der Waals surface area contributed by atoms with E-state index < -0.39 is 10.0 Å². The Labute approximate surface area is 130 Å². The van der Waals surface area contributed by atoms with Gasteiger partial charge < -0.3 is 0 Å². The standard InChI is InChI=1S/C18H16NO2S/c1-2-18-17(15-9-5-3-6-10-15)13-14-19(18)22(20,21)16-11-7-4-8-12-16/h3-14H,1-2H2. The molecular formula is C18H16NO2S. The SMILES string of the molecule is [CH2]Cc1c(-c2ccccc2)ccn1S(=O)(=O)c1ccccc1. The van der Waals surface area contributed by atoms with Gasteiger partial charge in [-0.1, -0.05) is 48.5 Å². The van der Waals surface area contributed by atoms with Gasteiger partial charge in [-0.3, -0.25) is 0 Å². The van der Waals surface area contributed by atoms with E-state index in [1.165, 1.54) is 3.97 Å². The molecule has 3 nitrogen and oxygen atoms in total. The third-order valence-corrected chi connectivity index (χ3v) is 5.30. The molecule has 0 saturated carbocycles. The van der Waals surface area contributed by atoms with E-state index in [4.69, 9.17) is 0 Å². The highest BCUT2D eigenvalue weighted by molar-refractivity contribution is 7.90. The molecule has 0 fully saturated rings. The molecule has 0 atom stereocenters. The zero-order valence-electron chi connectivity index (χ0n) is 12.0. The average Bonchev–Trinajstić information content (AvgIpc) is 3.01. The molecule has 0 N–H and O–H groups in total. The van der Waals surface area contributed by atoms with Gasteiger partial charge in [0.05, 0.1) is 4.90 Å². The largest absolute Gasteiger partial charge is 0.267 e. The van der Waals surface area contributed by atoms with Crippen LogP contribution in [-0.4, -0.2) is 12.4 Å². The van der Waals surface area contributed by atoms with Crippen LogP contribution in [0.2, 0.25) is 0 Å². The Morgan fingerprint density at radius 3 is 2.05 bits per heavy atom. The van der Waals surface area contributed by atoms with Gasteiger partial charge in [0.25, 0.3) is 10.0 Å². The van der Waals surface area contributed by atoms with Crippen LogP contribution in [0.25, 0.3) is 11.1 Å². The van der Waals surface area contributed by atoms with Crippen LogP contribution >= 0.6 is 0 Å². The van der Waals surface area contributed by atoms with E-state index in [2.05, 4.69) is 6.92 Å². The predicted octanol–water partition coefficient (Wildman–Crippen LogP) is 3.77. The highest BCUT2D eigenvalue weighted by Gasteiger charge is 2.21. The first kappa shape index (κ1) is 14.6. The Balaban J connectivity index is 2.16. The molecule has 3 rings (SSSR count). The van der Waals surface area contributed by atoms with Crippen LogP contribution in [0.15, 0.2) is 77.8 Å². The summed E-state index contributed by atoms with van der Waals surface area (Å²) in [7, 11) is -3.59. The minimum atomic E-state index is -3.59. The van der Waals surface area contributed by atoms with Crippen LogP contribution in [0.3, 0.4) is 0 Å². The van der Waals surface area contributed by atoms with Crippen molar-refractivity contribution in [2.45, 2.75) is 11.3 Å². The van der Waals surface area contributed by atoms with Crippen molar-refractivity contribution in [3.63, 3.8) is 0 Å². The maximum Gasteiger partial charge on any atom is 0.267 e. The molecule has 4 heteroatoms. The van der Waals surface area contributed by atoms with Gasteiger partial charge >= 0.3 is 0 Å². The maximum atomic E-state index is 12.8. The second kappa shape index (κ2) is 5.81. The van der Waals surface area contributed by atoms with Crippen molar-refractivity contribution in [1.29, 1.82) is 0 Å². The van der Waals surface area contributed by atoms with Gasteiger partial charge in [0.15, 0.2) is 0 Å². The molecule has 0 bridgehead atoms. The fraction of sp³-hybridized carbons (Fsp3) is 0.0556. The Kier molecular flexibility index (Phi) is 3.86. The molecule has 1 aromatic heterocycles. The van der Waals surface area contributed by atoms with Gasteiger partial charge in [-0.25, -0.2) is 12.4 Å². The van der Waals surface area contributed by atoms with E-state index in [9.17, 15) is 8.42 Å². The quantitative estimate of drug-likeness (QED) is 0.736. The van der Waals surface area contributed by atoms with Gasteiger partial charge in [-0.05, 0) is 37.1 Å². The monoisotopic (exact) mass is 310 g/mol. The third kappa shape index (κ3) is 2.46. The van der Waals surface area contributed by atoms with Gasteiger partial charge in [-0.15, -0.1) is 0 Å². The van der Waals surface area contributed by atoms with E-state index in [0.29, 0.717) is 12.1 Å². The van der Waals surface area contributed by atoms with Crippen LogP contribution in [0.5, 0.6) is 0 Å². The minimum Gasteiger partial charge on any atom is -0.245 e. The molecule has 1 radical (unpaired) electrons. The molecule has 22 heavy (non-hydrogen) atoms. The van der Waals surface area contributed by atoms with E-state index >= 15 is 0 Å².